The molecule has 2 heterocycles. The number of anilines is 1. The molecule has 27 heavy (non-hydrogen) atoms. The molecule has 0 saturated carbocycles. The van der Waals surface area contributed by atoms with Gasteiger partial charge in [-0.15, -0.1) is 35.0 Å². The molecule has 1 aliphatic rings. The average Bonchev–Trinajstić information content (AvgIpc) is 2.84. The number of benzene rings is 1. The first-order valence-corrected chi connectivity index (χ1v) is 9.26. The molecule has 1 aliphatic heterocycles. The molecule has 3 N–H and O–H groups in total. The van der Waals surface area contributed by atoms with E-state index >= 15 is 0 Å². The first kappa shape index (κ1) is 23.7. The summed E-state index contributed by atoms with van der Waals surface area (Å²) in [5, 5.41) is 12.1. The summed E-state index contributed by atoms with van der Waals surface area (Å²) in [6.45, 7) is 2.90. The van der Waals surface area contributed by atoms with Crippen LogP contribution in [0.15, 0.2) is 18.2 Å². The summed E-state index contributed by atoms with van der Waals surface area (Å²) in [4.78, 5) is 12.2. The van der Waals surface area contributed by atoms with Crippen molar-refractivity contribution < 1.29 is 4.79 Å². The number of aromatic nitrogens is 3. The van der Waals surface area contributed by atoms with Crippen LogP contribution in [0.3, 0.4) is 0 Å². The van der Waals surface area contributed by atoms with E-state index in [4.69, 9.17) is 17.3 Å². The van der Waals surface area contributed by atoms with Crippen molar-refractivity contribution >= 4 is 48.0 Å². The number of aryl methyl sites for hydroxylation is 1. The van der Waals surface area contributed by atoms with E-state index in [0.29, 0.717) is 17.1 Å². The van der Waals surface area contributed by atoms with Crippen LogP contribution < -0.4 is 11.1 Å². The van der Waals surface area contributed by atoms with Gasteiger partial charge in [0.2, 0.25) is 5.91 Å². The lowest BCUT2D eigenvalue weighted by atomic mass is 10.1. The zero-order valence-electron chi connectivity index (χ0n) is 15.3. The van der Waals surface area contributed by atoms with Crippen LogP contribution in [0.2, 0.25) is 5.02 Å². The summed E-state index contributed by atoms with van der Waals surface area (Å²) >= 11 is 6.40. The van der Waals surface area contributed by atoms with Crippen LogP contribution in [-0.4, -0.2) is 26.7 Å². The predicted molar refractivity (Wildman–Crippen MR) is 114 cm³/mol. The van der Waals surface area contributed by atoms with E-state index in [0.717, 1.165) is 49.4 Å². The van der Waals surface area contributed by atoms with Gasteiger partial charge < -0.3 is 15.6 Å². The zero-order valence-corrected chi connectivity index (χ0v) is 17.7. The predicted octanol–water partition coefficient (Wildman–Crippen LogP) is 4.23. The SMILES string of the molecule is CCCC(N)C(=O)Nc1ccc(Cl)c(-c2nnc3n2CCCCC3)c1.Cl.Cl. The highest BCUT2D eigenvalue weighted by molar-refractivity contribution is 6.33. The average molecular weight is 435 g/mol. The second-order valence-electron chi connectivity index (χ2n) is 6.48. The third-order valence-electron chi connectivity index (χ3n) is 4.52. The quantitative estimate of drug-likeness (QED) is 0.737. The number of nitrogens with one attached hydrogen (secondary N) is 1. The maximum absolute atomic E-state index is 12.2. The van der Waals surface area contributed by atoms with E-state index in [-0.39, 0.29) is 30.7 Å². The molecule has 1 atom stereocenters. The molecule has 1 aromatic heterocycles. The number of nitrogens with two attached hydrogens (primary N) is 1. The molecule has 6 nitrogen and oxygen atoms in total. The normalized spacial score (nSPS) is 14.2. The van der Waals surface area contributed by atoms with Crippen molar-refractivity contribution in [3.05, 3.63) is 29.0 Å². The number of carbonyl (C=O) groups is 1. The van der Waals surface area contributed by atoms with Gasteiger partial charge in [0, 0.05) is 24.2 Å². The molecule has 1 unspecified atom stereocenters. The second-order valence-corrected chi connectivity index (χ2v) is 6.89. The highest BCUT2D eigenvalue weighted by Gasteiger charge is 2.19. The molecular formula is C18H26Cl3N5O. The smallest absolute Gasteiger partial charge is 0.241 e. The van der Waals surface area contributed by atoms with Crippen LogP contribution in [0, 0.1) is 0 Å². The Balaban J connectivity index is 0.00000182. The van der Waals surface area contributed by atoms with Crippen molar-refractivity contribution in [3.63, 3.8) is 0 Å². The van der Waals surface area contributed by atoms with Crippen LogP contribution in [0.4, 0.5) is 5.69 Å². The molecule has 1 amide bonds. The minimum Gasteiger partial charge on any atom is -0.325 e. The van der Waals surface area contributed by atoms with Gasteiger partial charge in [-0.2, -0.15) is 0 Å². The third-order valence-corrected chi connectivity index (χ3v) is 4.85. The monoisotopic (exact) mass is 433 g/mol. The van der Waals surface area contributed by atoms with Gasteiger partial charge in [-0.1, -0.05) is 31.4 Å². The Hall–Kier alpha value is -1.34. The Morgan fingerprint density at radius 1 is 1.30 bits per heavy atom. The van der Waals surface area contributed by atoms with Gasteiger partial charge in [0.1, 0.15) is 5.82 Å². The number of halogens is 3. The van der Waals surface area contributed by atoms with Crippen LogP contribution >= 0.6 is 36.4 Å². The fourth-order valence-corrected chi connectivity index (χ4v) is 3.34. The summed E-state index contributed by atoms with van der Waals surface area (Å²) in [7, 11) is 0. The van der Waals surface area contributed by atoms with E-state index in [9.17, 15) is 4.79 Å². The van der Waals surface area contributed by atoms with Gasteiger partial charge in [-0.3, -0.25) is 4.79 Å². The van der Waals surface area contributed by atoms with Gasteiger partial charge >= 0.3 is 0 Å². The Labute approximate surface area is 177 Å². The number of hydrogen-bond donors (Lipinski definition) is 2. The van der Waals surface area contributed by atoms with Crippen LogP contribution in [-0.2, 0) is 17.8 Å². The maximum Gasteiger partial charge on any atom is 0.241 e. The van der Waals surface area contributed by atoms with Gasteiger partial charge in [-0.05, 0) is 37.5 Å². The fourth-order valence-electron chi connectivity index (χ4n) is 3.14. The topological polar surface area (TPSA) is 85.8 Å². The van der Waals surface area contributed by atoms with E-state index in [1.807, 2.05) is 13.0 Å². The number of amides is 1. The lowest BCUT2D eigenvalue weighted by Gasteiger charge is -2.13. The number of rotatable bonds is 5. The lowest BCUT2D eigenvalue weighted by molar-refractivity contribution is -0.117. The van der Waals surface area contributed by atoms with Gasteiger partial charge in [-0.25, -0.2) is 0 Å². The van der Waals surface area contributed by atoms with Crippen LogP contribution in [0.5, 0.6) is 0 Å². The molecule has 0 fully saturated rings. The molecule has 150 valence electrons. The summed E-state index contributed by atoms with van der Waals surface area (Å²) in [6, 6.07) is 4.90. The van der Waals surface area contributed by atoms with Crippen LogP contribution in [0.25, 0.3) is 11.4 Å². The minimum absolute atomic E-state index is 0. The molecule has 3 rings (SSSR count). The molecule has 9 heteroatoms. The van der Waals surface area contributed by atoms with E-state index in [2.05, 4.69) is 20.1 Å². The largest absolute Gasteiger partial charge is 0.325 e. The standard InChI is InChI=1S/C18H24ClN5O.2ClH/c1-2-6-15(20)18(25)21-12-8-9-14(19)13(11-12)17-23-22-16-7-4-3-5-10-24(16)17;;/h8-9,11,15H,2-7,10,20H2,1H3,(H,21,25);2*1H. The number of carbonyl (C=O) groups excluding carboxylic acids is 1. The zero-order chi connectivity index (χ0) is 17.8. The highest BCUT2D eigenvalue weighted by atomic mass is 35.5. The number of nitrogens with zero attached hydrogens (tertiary/aromatic N) is 3. The molecular weight excluding hydrogens is 409 g/mol. The summed E-state index contributed by atoms with van der Waals surface area (Å²) < 4.78 is 2.14. The van der Waals surface area contributed by atoms with Crippen molar-refractivity contribution in [2.45, 2.75) is 58.0 Å². The first-order valence-electron chi connectivity index (χ1n) is 8.88. The summed E-state index contributed by atoms with van der Waals surface area (Å²) in [5.41, 5.74) is 7.33. The molecule has 0 spiro atoms. The Morgan fingerprint density at radius 2 is 2.07 bits per heavy atom. The molecule has 0 radical (unpaired) electrons. The van der Waals surface area contributed by atoms with Crippen molar-refractivity contribution in [2.75, 3.05) is 5.32 Å². The fraction of sp³-hybridized carbons (Fsp3) is 0.500. The number of fused-ring (bicyclic) bond motifs is 1. The highest BCUT2D eigenvalue weighted by Crippen LogP contribution is 2.31. The van der Waals surface area contributed by atoms with Crippen molar-refractivity contribution in [1.29, 1.82) is 0 Å². The van der Waals surface area contributed by atoms with Gasteiger partial charge in [0.25, 0.3) is 0 Å². The van der Waals surface area contributed by atoms with Gasteiger partial charge in [0.05, 0.1) is 11.1 Å². The van der Waals surface area contributed by atoms with E-state index in [1.165, 1.54) is 6.42 Å². The molecule has 0 aliphatic carbocycles. The minimum atomic E-state index is -0.506. The first-order chi connectivity index (χ1) is 12.1. The Morgan fingerprint density at radius 3 is 2.81 bits per heavy atom. The number of hydrogen-bond acceptors (Lipinski definition) is 4. The second kappa shape index (κ2) is 10.9. The molecule has 1 aromatic carbocycles. The molecule has 0 bridgehead atoms. The maximum atomic E-state index is 12.2. The molecule has 0 saturated heterocycles. The summed E-state index contributed by atoms with van der Waals surface area (Å²) in [5.74, 6) is 1.58. The Bertz CT molecular complexity index is 765. The van der Waals surface area contributed by atoms with Crippen molar-refractivity contribution in [1.82, 2.24) is 14.8 Å². The van der Waals surface area contributed by atoms with E-state index < -0.39 is 6.04 Å². The third kappa shape index (κ3) is 5.57. The van der Waals surface area contributed by atoms with Gasteiger partial charge in [0.15, 0.2) is 5.82 Å². The van der Waals surface area contributed by atoms with Crippen molar-refractivity contribution in [2.24, 2.45) is 5.73 Å². The lowest BCUT2D eigenvalue weighted by Crippen LogP contribution is -2.35. The van der Waals surface area contributed by atoms with E-state index in [1.54, 1.807) is 12.1 Å². The van der Waals surface area contributed by atoms with Crippen LogP contribution in [0.1, 0.15) is 44.9 Å². The molecule has 2 aromatic rings. The van der Waals surface area contributed by atoms with Crippen molar-refractivity contribution in [3.8, 4) is 11.4 Å². The Kier molecular flexibility index (Phi) is 9.53. The summed E-state index contributed by atoms with van der Waals surface area (Å²) in [6.07, 6.45) is 5.90.